The van der Waals surface area contributed by atoms with E-state index in [0.717, 1.165) is 64.4 Å². The fourth-order valence-electron chi connectivity index (χ4n) is 5.30. The molecule has 0 saturated carbocycles. The minimum atomic E-state index is -0.419. The molecule has 2 fully saturated rings. The Kier molecular flexibility index (Phi) is 6.19. The van der Waals surface area contributed by atoms with Crippen LogP contribution in [0.25, 0.3) is 32.2 Å². The van der Waals surface area contributed by atoms with Crippen LogP contribution in [0.3, 0.4) is 0 Å². The number of pyridine rings is 1. The molecule has 1 N–H and O–H groups in total. The number of nitrogens with zero attached hydrogens (tertiary/aromatic N) is 4. The van der Waals surface area contributed by atoms with Gasteiger partial charge in [0.1, 0.15) is 5.82 Å². The van der Waals surface area contributed by atoms with Gasteiger partial charge in [-0.15, -0.1) is 11.3 Å². The molecule has 7 rings (SSSR count). The Hall–Kier alpha value is -3.92. The van der Waals surface area contributed by atoms with Crippen LogP contribution < -0.4 is 5.32 Å². The number of amides is 1. The first-order valence-corrected chi connectivity index (χ1v) is 13.9. The number of aromatic nitrogens is 2. The number of carbonyl (C=O) groups excluding carboxylic acids is 1. The summed E-state index contributed by atoms with van der Waals surface area (Å²) >= 11 is 1.61. The highest BCUT2D eigenvalue weighted by Crippen LogP contribution is 2.32. The summed E-state index contributed by atoms with van der Waals surface area (Å²) in [6, 6.07) is 18.9. The van der Waals surface area contributed by atoms with Crippen molar-refractivity contribution in [3.05, 3.63) is 83.8 Å². The van der Waals surface area contributed by atoms with Gasteiger partial charge >= 0.3 is 0 Å². The highest BCUT2D eigenvalue weighted by Gasteiger charge is 2.30. The number of halogens is 1. The lowest BCUT2D eigenvalue weighted by Crippen LogP contribution is -2.57. The van der Waals surface area contributed by atoms with E-state index in [1.807, 2.05) is 52.9 Å². The number of hydrogen-bond acceptors (Lipinski definition) is 7. The molecule has 0 aliphatic carbocycles. The molecule has 39 heavy (non-hydrogen) atoms. The average Bonchev–Trinajstić information content (AvgIpc) is 3.40. The van der Waals surface area contributed by atoms with Gasteiger partial charge in [-0.05, 0) is 54.1 Å². The van der Waals surface area contributed by atoms with Gasteiger partial charge in [-0.1, -0.05) is 12.1 Å². The molecule has 9 heteroatoms. The summed E-state index contributed by atoms with van der Waals surface area (Å²) in [5.41, 5.74) is 6.91. The van der Waals surface area contributed by atoms with E-state index < -0.39 is 5.82 Å². The first kappa shape index (κ1) is 24.1. The summed E-state index contributed by atoms with van der Waals surface area (Å²) in [4.78, 5) is 26.2. The molecule has 2 aromatic heterocycles. The van der Waals surface area contributed by atoms with Crippen LogP contribution in [0.1, 0.15) is 10.4 Å². The third kappa shape index (κ3) is 4.63. The van der Waals surface area contributed by atoms with E-state index in [0.29, 0.717) is 30.3 Å². The summed E-state index contributed by atoms with van der Waals surface area (Å²) < 4.78 is 21.8. The zero-order valence-electron chi connectivity index (χ0n) is 21.1. The van der Waals surface area contributed by atoms with E-state index in [2.05, 4.69) is 20.2 Å². The highest BCUT2D eigenvalue weighted by molar-refractivity contribution is 7.16. The fourth-order valence-corrected chi connectivity index (χ4v) is 5.96. The Morgan fingerprint density at radius 3 is 2.62 bits per heavy atom. The van der Waals surface area contributed by atoms with Crippen LogP contribution >= 0.6 is 11.3 Å². The van der Waals surface area contributed by atoms with Crippen molar-refractivity contribution in [3.63, 3.8) is 0 Å². The molecule has 0 spiro atoms. The standard InChI is InChI=1S/C30H26FN5O2S/c31-25-14-20(30(37)36-11-9-35(10-12-36)22-16-38-17-22)1-4-23(25)19-2-5-26-24(13-19)27(7-8-32-26)34-21-3-6-29-28(15-21)33-18-39-29/h1-8,13-15,18,22H,9-12,16-17H2,(H,32,34). The van der Waals surface area contributed by atoms with E-state index in [9.17, 15) is 4.79 Å². The smallest absolute Gasteiger partial charge is 0.254 e. The lowest BCUT2D eigenvalue weighted by molar-refractivity contribution is -0.0746. The number of thiazole rings is 1. The van der Waals surface area contributed by atoms with Gasteiger partial charge in [0, 0.05) is 60.3 Å². The zero-order valence-corrected chi connectivity index (χ0v) is 22.0. The maximum atomic E-state index is 15.4. The Balaban J connectivity index is 1.13. The normalized spacial score (nSPS) is 16.5. The number of fused-ring (bicyclic) bond motifs is 2. The number of ether oxygens (including phenoxy) is 1. The van der Waals surface area contributed by atoms with E-state index in [1.54, 1.807) is 29.7 Å². The molecular formula is C30H26FN5O2S. The van der Waals surface area contributed by atoms with Crippen LogP contribution in [0.2, 0.25) is 0 Å². The van der Waals surface area contributed by atoms with Gasteiger partial charge in [-0.2, -0.15) is 0 Å². The molecule has 0 radical (unpaired) electrons. The van der Waals surface area contributed by atoms with Crippen molar-refractivity contribution in [2.24, 2.45) is 0 Å². The molecule has 3 aromatic carbocycles. The Bertz CT molecular complexity index is 1690. The fraction of sp³-hybridized carbons (Fsp3) is 0.233. The second kappa shape index (κ2) is 10.00. The Morgan fingerprint density at radius 2 is 1.82 bits per heavy atom. The number of hydrogen-bond donors (Lipinski definition) is 1. The van der Waals surface area contributed by atoms with Crippen molar-refractivity contribution in [1.82, 2.24) is 19.8 Å². The Morgan fingerprint density at radius 1 is 0.949 bits per heavy atom. The molecule has 196 valence electrons. The summed E-state index contributed by atoms with van der Waals surface area (Å²) in [7, 11) is 0. The van der Waals surface area contributed by atoms with Gasteiger partial charge in [0.25, 0.3) is 5.91 Å². The van der Waals surface area contributed by atoms with Crippen molar-refractivity contribution < 1.29 is 13.9 Å². The van der Waals surface area contributed by atoms with Crippen LogP contribution in [0.5, 0.6) is 0 Å². The number of benzene rings is 3. The molecule has 5 aromatic rings. The lowest BCUT2D eigenvalue weighted by Gasteiger charge is -2.42. The van der Waals surface area contributed by atoms with Crippen LogP contribution in [-0.2, 0) is 4.74 Å². The number of rotatable bonds is 5. The molecule has 2 aliphatic heterocycles. The van der Waals surface area contributed by atoms with Crippen molar-refractivity contribution in [2.45, 2.75) is 6.04 Å². The largest absolute Gasteiger partial charge is 0.378 e. The molecule has 0 bridgehead atoms. The van der Waals surface area contributed by atoms with Gasteiger partial charge in [-0.25, -0.2) is 9.37 Å². The molecule has 0 unspecified atom stereocenters. The van der Waals surface area contributed by atoms with Crippen LogP contribution in [0, 0.1) is 5.82 Å². The topological polar surface area (TPSA) is 70.6 Å². The van der Waals surface area contributed by atoms with Crippen molar-refractivity contribution in [2.75, 3.05) is 44.7 Å². The predicted octanol–water partition coefficient (Wildman–Crippen LogP) is 5.55. The predicted molar refractivity (Wildman–Crippen MR) is 152 cm³/mol. The third-order valence-corrected chi connectivity index (χ3v) is 8.43. The molecule has 4 heterocycles. The van der Waals surface area contributed by atoms with E-state index in [-0.39, 0.29) is 5.91 Å². The van der Waals surface area contributed by atoms with Gasteiger partial charge in [0.05, 0.1) is 40.5 Å². The van der Waals surface area contributed by atoms with Crippen molar-refractivity contribution in [3.8, 4) is 11.1 Å². The van der Waals surface area contributed by atoms with E-state index in [4.69, 9.17) is 4.74 Å². The van der Waals surface area contributed by atoms with Gasteiger partial charge in [0.2, 0.25) is 0 Å². The average molecular weight is 540 g/mol. The number of carbonyl (C=O) groups is 1. The molecule has 1 amide bonds. The van der Waals surface area contributed by atoms with E-state index >= 15 is 4.39 Å². The van der Waals surface area contributed by atoms with E-state index in [1.165, 1.54) is 6.07 Å². The monoisotopic (exact) mass is 539 g/mol. The van der Waals surface area contributed by atoms with Gasteiger partial charge < -0.3 is 15.0 Å². The molecule has 2 aliphatic rings. The summed E-state index contributed by atoms with van der Waals surface area (Å²) in [5, 5.41) is 4.35. The maximum Gasteiger partial charge on any atom is 0.254 e. The van der Waals surface area contributed by atoms with Gasteiger partial charge in [0.15, 0.2) is 0 Å². The number of piperazine rings is 1. The van der Waals surface area contributed by atoms with Crippen LogP contribution in [0.4, 0.5) is 15.8 Å². The maximum absolute atomic E-state index is 15.4. The second-order valence-electron chi connectivity index (χ2n) is 9.96. The summed E-state index contributed by atoms with van der Waals surface area (Å²) in [5.74, 6) is -0.547. The minimum Gasteiger partial charge on any atom is -0.378 e. The molecule has 0 atom stereocenters. The van der Waals surface area contributed by atoms with Crippen LogP contribution in [-0.4, -0.2) is 71.1 Å². The number of nitrogens with one attached hydrogen (secondary N) is 1. The molecule has 7 nitrogen and oxygen atoms in total. The number of anilines is 2. The summed E-state index contributed by atoms with van der Waals surface area (Å²) in [6.45, 7) is 4.46. The van der Waals surface area contributed by atoms with Gasteiger partial charge in [-0.3, -0.25) is 14.7 Å². The quantitative estimate of drug-likeness (QED) is 0.316. The molecular weight excluding hydrogens is 513 g/mol. The highest BCUT2D eigenvalue weighted by atomic mass is 32.1. The second-order valence-corrected chi connectivity index (χ2v) is 10.9. The Labute approximate surface area is 228 Å². The zero-order chi connectivity index (χ0) is 26.3. The first-order valence-electron chi connectivity index (χ1n) is 13.0. The van der Waals surface area contributed by atoms with Crippen LogP contribution in [0.15, 0.2) is 72.4 Å². The lowest BCUT2D eigenvalue weighted by atomic mass is 10.00. The summed E-state index contributed by atoms with van der Waals surface area (Å²) in [6.07, 6.45) is 1.76. The van der Waals surface area contributed by atoms with Crippen molar-refractivity contribution in [1.29, 1.82) is 0 Å². The first-order chi connectivity index (χ1) is 19.1. The minimum absolute atomic E-state index is 0.128. The SMILES string of the molecule is O=C(c1ccc(-c2ccc3nccc(Nc4ccc5scnc5c4)c3c2)c(F)c1)N1CCN(C2COC2)CC1. The third-order valence-electron chi connectivity index (χ3n) is 7.62. The van der Waals surface area contributed by atoms with Crippen molar-refractivity contribution >= 4 is 49.7 Å². The molecule has 2 saturated heterocycles.